The van der Waals surface area contributed by atoms with Crippen molar-refractivity contribution in [1.29, 1.82) is 0 Å². The van der Waals surface area contributed by atoms with Crippen molar-refractivity contribution in [2.75, 3.05) is 0 Å². The van der Waals surface area contributed by atoms with Crippen molar-refractivity contribution in [3.63, 3.8) is 0 Å². The van der Waals surface area contributed by atoms with Gasteiger partial charge in [0.15, 0.2) is 10.9 Å². The Kier molecular flexibility index (Phi) is 7.01. The van der Waals surface area contributed by atoms with Crippen LogP contribution in [0, 0.1) is 0 Å². The second kappa shape index (κ2) is 10.3. The molecule has 3 heterocycles. The van der Waals surface area contributed by atoms with Crippen LogP contribution in [0.5, 0.6) is 5.75 Å². The van der Waals surface area contributed by atoms with Crippen LogP contribution in [0.1, 0.15) is 21.9 Å². The predicted octanol–water partition coefficient (Wildman–Crippen LogP) is 3.57. The van der Waals surface area contributed by atoms with Crippen molar-refractivity contribution in [3.05, 3.63) is 84.2 Å². The summed E-state index contributed by atoms with van der Waals surface area (Å²) < 4.78 is 42.7. The Balaban J connectivity index is 1.59. The Morgan fingerprint density at radius 1 is 1.00 bits per heavy atom. The molecule has 1 aromatic carbocycles. The van der Waals surface area contributed by atoms with Gasteiger partial charge in [-0.1, -0.05) is 23.0 Å². The predicted molar refractivity (Wildman–Crippen MR) is 115 cm³/mol. The molecule has 1 amide bonds. The summed E-state index contributed by atoms with van der Waals surface area (Å²) in [7, 11) is 0. The number of aromatic nitrogens is 6. The van der Waals surface area contributed by atoms with E-state index in [2.05, 4.69) is 35.3 Å². The van der Waals surface area contributed by atoms with E-state index in [1.165, 1.54) is 28.6 Å². The lowest BCUT2D eigenvalue weighted by Gasteiger charge is -2.11. The van der Waals surface area contributed by atoms with Gasteiger partial charge < -0.3 is 10.1 Å². The zero-order valence-electron chi connectivity index (χ0n) is 17.3. The number of nitrogens with one attached hydrogen (secondary N) is 1. The number of carbonyl (C=O) groups excluding carboxylic acids is 1. The minimum atomic E-state index is -4.80. The van der Waals surface area contributed by atoms with E-state index in [9.17, 15) is 18.0 Å². The van der Waals surface area contributed by atoms with E-state index in [4.69, 9.17) is 0 Å². The van der Waals surface area contributed by atoms with E-state index in [1.807, 2.05) is 0 Å². The van der Waals surface area contributed by atoms with Crippen LogP contribution in [0.25, 0.3) is 5.69 Å². The largest absolute Gasteiger partial charge is 0.573 e. The van der Waals surface area contributed by atoms with E-state index in [0.29, 0.717) is 22.2 Å². The highest BCUT2D eigenvalue weighted by molar-refractivity contribution is 7.98. The second-order valence-electron chi connectivity index (χ2n) is 6.66. The van der Waals surface area contributed by atoms with Gasteiger partial charge in [-0.2, -0.15) is 0 Å². The van der Waals surface area contributed by atoms with Gasteiger partial charge in [0.25, 0.3) is 5.91 Å². The lowest BCUT2D eigenvalue weighted by molar-refractivity contribution is -0.274. The normalized spacial score (nSPS) is 11.3. The summed E-state index contributed by atoms with van der Waals surface area (Å²) >= 11 is 1.26. The molecule has 1 N–H and O–H groups in total. The first kappa shape index (κ1) is 23.2. The fourth-order valence-corrected chi connectivity index (χ4v) is 3.65. The molecule has 0 unspecified atom stereocenters. The zero-order valence-corrected chi connectivity index (χ0v) is 18.1. The monoisotopic (exact) mass is 487 g/mol. The summed E-state index contributed by atoms with van der Waals surface area (Å²) in [4.78, 5) is 25.3. The number of amides is 1. The first-order valence-electron chi connectivity index (χ1n) is 9.78. The van der Waals surface area contributed by atoms with Crippen molar-refractivity contribution >= 4 is 17.7 Å². The summed E-state index contributed by atoms with van der Waals surface area (Å²) in [6.45, 7) is 0.185. The number of thioether (sulfide) groups is 1. The van der Waals surface area contributed by atoms with Gasteiger partial charge in [-0.25, -0.2) is 14.6 Å². The summed E-state index contributed by atoms with van der Waals surface area (Å²) in [5.74, 6) is -0.624. The van der Waals surface area contributed by atoms with Crippen molar-refractivity contribution in [2.45, 2.75) is 23.8 Å². The van der Waals surface area contributed by atoms with Gasteiger partial charge in [0.1, 0.15) is 5.75 Å². The molecular formula is C21H16F3N7O2S. The first-order chi connectivity index (χ1) is 16.4. The molecule has 0 atom stereocenters. The van der Waals surface area contributed by atoms with Gasteiger partial charge in [-0.05, 0) is 42.5 Å². The van der Waals surface area contributed by atoms with Crippen LogP contribution in [0.3, 0.4) is 0 Å². The number of carbonyl (C=O) groups is 1. The minimum Gasteiger partial charge on any atom is -0.406 e. The Morgan fingerprint density at radius 3 is 2.41 bits per heavy atom. The highest BCUT2D eigenvalue weighted by Crippen LogP contribution is 2.26. The fourth-order valence-electron chi connectivity index (χ4n) is 2.85. The SMILES string of the molecule is O=C(NCc1ccccn1)c1nnn(-c2ccc(OC(F)(F)F)cc2)c1CSc1ncccn1. The van der Waals surface area contributed by atoms with E-state index in [0.717, 1.165) is 12.1 Å². The number of pyridine rings is 1. The Morgan fingerprint density at radius 2 is 1.74 bits per heavy atom. The molecule has 3 aromatic heterocycles. The van der Waals surface area contributed by atoms with Gasteiger partial charge >= 0.3 is 6.36 Å². The summed E-state index contributed by atoms with van der Waals surface area (Å²) in [6, 6.07) is 12.1. The van der Waals surface area contributed by atoms with Crippen LogP contribution in [-0.4, -0.2) is 42.2 Å². The lowest BCUT2D eigenvalue weighted by atomic mass is 10.2. The average Bonchev–Trinajstić information content (AvgIpc) is 3.26. The highest BCUT2D eigenvalue weighted by Gasteiger charge is 2.31. The Bertz CT molecular complexity index is 1240. The van der Waals surface area contributed by atoms with Crippen LogP contribution >= 0.6 is 11.8 Å². The summed E-state index contributed by atoms with van der Waals surface area (Å²) in [5, 5.41) is 11.3. The van der Waals surface area contributed by atoms with Crippen LogP contribution in [0.4, 0.5) is 13.2 Å². The Labute approximate surface area is 195 Å². The molecule has 0 radical (unpaired) electrons. The number of rotatable bonds is 8. The molecule has 0 fully saturated rings. The standard InChI is InChI=1S/C21H16F3N7O2S/c22-21(23,24)33-16-7-5-15(6-8-16)31-17(13-34-20-26-10-3-11-27-20)18(29-30-31)19(32)28-12-14-4-1-2-9-25-14/h1-11H,12-13H2,(H,28,32). The number of nitrogens with zero attached hydrogens (tertiary/aromatic N) is 6. The van der Waals surface area contributed by atoms with Crippen molar-refractivity contribution in [3.8, 4) is 11.4 Å². The molecule has 9 nitrogen and oxygen atoms in total. The van der Waals surface area contributed by atoms with Crippen LogP contribution in [-0.2, 0) is 12.3 Å². The molecule has 0 aliphatic carbocycles. The second-order valence-corrected chi connectivity index (χ2v) is 7.60. The molecule has 0 spiro atoms. The van der Waals surface area contributed by atoms with Crippen molar-refractivity contribution in [1.82, 2.24) is 35.3 Å². The van der Waals surface area contributed by atoms with Crippen molar-refractivity contribution in [2.24, 2.45) is 0 Å². The third kappa shape index (κ3) is 6.07. The molecule has 0 aliphatic rings. The molecule has 13 heteroatoms. The Hall–Kier alpha value is -4.00. The quantitative estimate of drug-likeness (QED) is 0.297. The zero-order chi connectivity index (χ0) is 24.0. The number of benzene rings is 1. The molecule has 0 saturated carbocycles. The number of ether oxygens (including phenoxy) is 1. The number of alkyl halides is 3. The van der Waals surface area contributed by atoms with E-state index in [1.54, 1.807) is 42.9 Å². The maximum atomic E-state index is 12.9. The smallest absolute Gasteiger partial charge is 0.406 e. The van der Waals surface area contributed by atoms with Gasteiger partial charge in [0, 0.05) is 24.3 Å². The molecule has 34 heavy (non-hydrogen) atoms. The van der Waals surface area contributed by atoms with Gasteiger partial charge in [-0.3, -0.25) is 9.78 Å². The molecule has 4 aromatic rings. The lowest BCUT2D eigenvalue weighted by Crippen LogP contribution is -2.25. The van der Waals surface area contributed by atoms with Crippen LogP contribution in [0.15, 0.2) is 72.3 Å². The number of halogens is 3. The first-order valence-corrected chi connectivity index (χ1v) is 10.8. The maximum absolute atomic E-state index is 12.9. The van der Waals surface area contributed by atoms with Crippen molar-refractivity contribution < 1.29 is 22.7 Å². The highest BCUT2D eigenvalue weighted by atomic mass is 32.2. The summed E-state index contributed by atoms with van der Waals surface area (Å²) in [5.41, 5.74) is 1.54. The van der Waals surface area contributed by atoms with Crippen LogP contribution in [0.2, 0.25) is 0 Å². The fraction of sp³-hybridized carbons (Fsp3) is 0.143. The topological polar surface area (TPSA) is 108 Å². The molecular weight excluding hydrogens is 471 g/mol. The number of hydrogen-bond acceptors (Lipinski definition) is 8. The molecule has 0 bridgehead atoms. The maximum Gasteiger partial charge on any atom is 0.573 e. The molecule has 0 aliphatic heterocycles. The third-order valence-corrected chi connectivity index (χ3v) is 5.22. The van der Waals surface area contributed by atoms with Crippen LogP contribution < -0.4 is 10.1 Å². The summed E-state index contributed by atoms with van der Waals surface area (Å²) in [6.07, 6.45) is -0.00749. The van der Waals surface area contributed by atoms with Gasteiger partial charge in [-0.15, -0.1) is 18.3 Å². The van der Waals surface area contributed by atoms with Gasteiger partial charge in [0.05, 0.1) is 23.6 Å². The van der Waals surface area contributed by atoms with E-state index >= 15 is 0 Å². The molecule has 4 rings (SSSR count). The molecule has 174 valence electrons. The van der Waals surface area contributed by atoms with Gasteiger partial charge in [0.2, 0.25) is 0 Å². The average molecular weight is 487 g/mol. The minimum absolute atomic E-state index is 0.0648. The number of hydrogen-bond donors (Lipinski definition) is 1. The van der Waals surface area contributed by atoms with E-state index in [-0.39, 0.29) is 23.7 Å². The third-order valence-electron chi connectivity index (χ3n) is 4.33. The molecule has 0 saturated heterocycles. The van der Waals surface area contributed by atoms with E-state index < -0.39 is 12.3 Å².